The summed E-state index contributed by atoms with van der Waals surface area (Å²) < 4.78 is 19.6. The second-order valence-electron chi connectivity index (χ2n) is 8.10. The average Bonchev–Trinajstić information content (AvgIpc) is 3.23. The molecule has 4 aromatic rings. The van der Waals surface area contributed by atoms with Crippen molar-refractivity contribution >= 4 is 28.6 Å². The molecule has 2 N–H and O–H groups in total. The van der Waals surface area contributed by atoms with Crippen LogP contribution in [0.1, 0.15) is 21.6 Å². The summed E-state index contributed by atoms with van der Waals surface area (Å²) in [6.45, 7) is 3.72. The molecule has 34 heavy (non-hydrogen) atoms. The maximum atomic E-state index is 14.4. The van der Waals surface area contributed by atoms with Crippen LogP contribution in [0, 0.1) is 12.7 Å². The third kappa shape index (κ3) is 4.19. The van der Waals surface area contributed by atoms with Crippen molar-refractivity contribution in [3.63, 3.8) is 0 Å². The third-order valence-corrected chi connectivity index (χ3v) is 5.80. The number of piperazine rings is 1. The molecule has 3 heterocycles. The molecule has 0 unspecified atom stereocenters. The number of nitrogens with zero attached hydrogens (tertiary/aromatic N) is 3. The first-order valence-electron chi connectivity index (χ1n) is 10.9. The number of nitrogens with one attached hydrogen (secondary N) is 2. The predicted molar refractivity (Wildman–Crippen MR) is 125 cm³/mol. The summed E-state index contributed by atoms with van der Waals surface area (Å²) in [6.07, 6.45) is 0. The lowest BCUT2D eigenvalue weighted by atomic mass is 10.0. The van der Waals surface area contributed by atoms with Crippen LogP contribution < -0.4 is 15.5 Å². The molecule has 2 aromatic carbocycles. The average molecular weight is 459 g/mol. The number of rotatable bonds is 5. The number of carbonyl (C=O) groups excluding carboxylic acids is 2. The molecule has 1 fully saturated rings. The minimum Gasteiger partial charge on any atom is -0.360 e. The fourth-order valence-electron chi connectivity index (χ4n) is 4.04. The first kappa shape index (κ1) is 21.6. The lowest BCUT2D eigenvalue weighted by molar-refractivity contribution is -0.120. The molecule has 0 radical (unpaired) electrons. The molecule has 2 amide bonds. The standard InChI is InChI=1S/C25H22FN5O3/c1-15-23-19(12-21(29-25(23)34-30-15)18-4-2-3-5-20(18)26)24(33)28-13-16-6-8-17(9-7-16)31-11-10-27-22(32)14-31/h2-9,12H,10-11,13-14H2,1H3,(H,27,32)(H,28,33). The van der Waals surface area contributed by atoms with Crippen LogP contribution in [0.15, 0.2) is 59.1 Å². The minimum absolute atomic E-state index is 0.00467. The van der Waals surface area contributed by atoms with E-state index in [0.717, 1.165) is 17.8 Å². The van der Waals surface area contributed by atoms with Gasteiger partial charge in [0.2, 0.25) is 5.91 Å². The van der Waals surface area contributed by atoms with Crippen LogP contribution in [0.5, 0.6) is 0 Å². The van der Waals surface area contributed by atoms with E-state index in [1.807, 2.05) is 29.2 Å². The number of halogens is 1. The van der Waals surface area contributed by atoms with E-state index in [0.29, 0.717) is 42.0 Å². The van der Waals surface area contributed by atoms with Crippen molar-refractivity contribution in [1.82, 2.24) is 20.8 Å². The molecule has 1 saturated heterocycles. The Labute approximate surface area is 194 Å². The second kappa shape index (κ2) is 8.93. The summed E-state index contributed by atoms with van der Waals surface area (Å²) >= 11 is 0. The monoisotopic (exact) mass is 459 g/mol. The highest BCUT2D eigenvalue weighted by Gasteiger charge is 2.21. The normalized spacial score (nSPS) is 13.7. The van der Waals surface area contributed by atoms with Crippen molar-refractivity contribution in [2.75, 3.05) is 24.5 Å². The highest BCUT2D eigenvalue weighted by Crippen LogP contribution is 2.28. The number of amides is 2. The molecule has 8 nitrogen and oxygen atoms in total. The Bertz CT molecular complexity index is 1380. The number of benzene rings is 2. The summed E-state index contributed by atoms with van der Waals surface area (Å²) in [5, 5.41) is 10.2. The summed E-state index contributed by atoms with van der Waals surface area (Å²) in [4.78, 5) is 31.1. The van der Waals surface area contributed by atoms with Gasteiger partial charge in [-0.1, -0.05) is 29.4 Å². The highest BCUT2D eigenvalue weighted by molar-refractivity contribution is 6.07. The molecule has 172 valence electrons. The molecule has 1 aliphatic heterocycles. The smallest absolute Gasteiger partial charge is 0.259 e. The fourth-order valence-corrected chi connectivity index (χ4v) is 4.04. The van der Waals surface area contributed by atoms with Gasteiger partial charge in [0.25, 0.3) is 11.6 Å². The van der Waals surface area contributed by atoms with E-state index in [1.165, 1.54) is 6.07 Å². The molecule has 5 rings (SSSR count). The van der Waals surface area contributed by atoms with Crippen LogP contribution in [-0.2, 0) is 11.3 Å². The van der Waals surface area contributed by atoms with Crippen LogP contribution in [-0.4, -0.2) is 41.6 Å². The van der Waals surface area contributed by atoms with Crippen LogP contribution in [0.3, 0.4) is 0 Å². The van der Waals surface area contributed by atoms with Gasteiger partial charge in [-0.2, -0.15) is 0 Å². The second-order valence-corrected chi connectivity index (χ2v) is 8.10. The van der Waals surface area contributed by atoms with Crippen molar-refractivity contribution in [2.45, 2.75) is 13.5 Å². The lowest BCUT2D eigenvalue weighted by Crippen LogP contribution is -2.47. The first-order chi connectivity index (χ1) is 16.5. The van der Waals surface area contributed by atoms with Gasteiger partial charge in [0, 0.05) is 30.9 Å². The van der Waals surface area contributed by atoms with Gasteiger partial charge in [0.1, 0.15) is 5.82 Å². The number of aryl methyl sites for hydroxylation is 1. The topological polar surface area (TPSA) is 100 Å². The van der Waals surface area contributed by atoms with Crippen LogP contribution in [0.4, 0.5) is 10.1 Å². The summed E-state index contributed by atoms with van der Waals surface area (Å²) in [5.41, 5.74) is 3.45. The van der Waals surface area contributed by atoms with E-state index in [2.05, 4.69) is 20.8 Å². The highest BCUT2D eigenvalue weighted by atomic mass is 19.1. The zero-order valence-electron chi connectivity index (χ0n) is 18.5. The Morgan fingerprint density at radius 1 is 1.21 bits per heavy atom. The Morgan fingerprint density at radius 3 is 2.76 bits per heavy atom. The molecule has 2 aromatic heterocycles. The van der Waals surface area contributed by atoms with E-state index >= 15 is 0 Å². The number of anilines is 1. The molecular formula is C25H22FN5O3. The molecule has 0 bridgehead atoms. The number of pyridine rings is 1. The van der Waals surface area contributed by atoms with E-state index in [-0.39, 0.29) is 23.1 Å². The number of fused-ring (bicyclic) bond motifs is 1. The van der Waals surface area contributed by atoms with Crippen molar-refractivity contribution in [2.24, 2.45) is 0 Å². The lowest BCUT2D eigenvalue weighted by Gasteiger charge is -2.28. The Balaban J connectivity index is 1.37. The summed E-state index contributed by atoms with van der Waals surface area (Å²) in [7, 11) is 0. The predicted octanol–water partition coefficient (Wildman–Crippen LogP) is 3.20. The molecule has 0 aliphatic carbocycles. The van der Waals surface area contributed by atoms with Gasteiger partial charge in [0.05, 0.1) is 28.9 Å². The third-order valence-electron chi connectivity index (χ3n) is 5.80. The van der Waals surface area contributed by atoms with Crippen LogP contribution >= 0.6 is 0 Å². The molecule has 0 saturated carbocycles. The van der Waals surface area contributed by atoms with Gasteiger partial charge in [-0.25, -0.2) is 9.37 Å². The molecular weight excluding hydrogens is 437 g/mol. The van der Waals surface area contributed by atoms with Gasteiger partial charge in [-0.05, 0) is 42.8 Å². The largest absolute Gasteiger partial charge is 0.360 e. The van der Waals surface area contributed by atoms with E-state index in [1.54, 1.807) is 31.2 Å². The van der Waals surface area contributed by atoms with Gasteiger partial charge in [-0.15, -0.1) is 0 Å². The van der Waals surface area contributed by atoms with Crippen molar-refractivity contribution in [1.29, 1.82) is 0 Å². The van der Waals surface area contributed by atoms with Gasteiger partial charge >= 0.3 is 0 Å². The van der Waals surface area contributed by atoms with Crippen molar-refractivity contribution in [3.8, 4) is 11.3 Å². The molecule has 1 aliphatic rings. The maximum Gasteiger partial charge on any atom is 0.259 e. The number of aromatic nitrogens is 2. The SMILES string of the molecule is Cc1noc2nc(-c3ccccc3F)cc(C(=O)NCc3ccc(N4CCNC(=O)C4)cc3)c12. The summed E-state index contributed by atoms with van der Waals surface area (Å²) in [6, 6.07) is 15.5. The Kier molecular flexibility index (Phi) is 5.67. The Hall–Kier alpha value is -4.27. The molecule has 9 heteroatoms. The first-order valence-corrected chi connectivity index (χ1v) is 10.9. The van der Waals surface area contributed by atoms with Crippen molar-refractivity contribution < 1.29 is 18.5 Å². The van der Waals surface area contributed by atoms with Gasteiger partial charge < -0.3 is 20.1 Å². The summed E-state index contributed by atoms with van der Waals surface area (Å²) in [5.74, 6) is -0.777. The number of hydrogen-bond acceptors (Lipinski definition) is 6. The van der Waals surface area contributed by atoms with Gasteiger partial charge in [-0.3, -0.25) is 9.59 Å². The minimum atomic E-state index is -0.441. The molecule has 0 spiro atoms. The van der Waals surface area contributed by atoms with Crippen LogP contribution in [0.2, 0.25) is 0 Å². The van der Waals surface area contributed by atoms with Crippen molar-refractivity contribution in [3.05, 3.63) is 77.2 Å². The van der Waals surface area contributed by atoms with E-state index < -0.39 is 5.82 Å². The maximum absolute atomic E-state index is 14.4. The van der Waals surface area contributed by atoms with Crippen LogP contribution in [0.25, 0.3) is 22.4 Å². The fraction of sp³-hybridized carbons (Fsp3) is 0.200. The van der Waals surface area contributed by atoms with E-state index in [9.17, 15) is 14.0 Å². The van der Waals surface area contributed by atoms with Gasteiger partial charge in [0.15, 0.2) is 0 Å². The molecule has 0 atom stereocenters. The zero-order valence-corrected chi connectivity index (χ0v) is 18.5. The number of carbonyl (C=O) groups is 2. The quantitative estimate of drug-likeness (QED) is 0.475. The van der Waals surface area contributed by atoms with E-state index in [4.69, 9.17) is 4.52 Å². The Morgan fingerprint density at radius 2 is 2.00 bits per heavy atom. The zero-order chi connectivity index (χ0) is 23.7. The number of hydrogen-bond donors (Lipinski definition) is 2.